The van der Waals surface area contributed by atoms with Crippen molar-refractivity contribution in [1.29, 1.82) is 0 Å². The molecule has 0 radical (unpaired) electrons. The molecule has 0 saturated heterocycles. The molecule has 0 spiro atoms. The first kappa shape index (κ1) is 19.1. The molecule has 5 nitrogen and oxygen atoms in total. The molecule has 0 aromatic heterocycles. The molecule has 2 rings (SSSR count). The van der Waals surface area contributed by atoms with Gasteiger partial charge < -0.3 is 9.47 Å². The first-order chi connectivity index (χ1) is 11.7. The van der Waals surface area contributed by atoms with Gasteiger partial charge in [-0.15, -0.1) is 0 Å². The number of hydrogen-bond acceptors (Lipinski definition) is 4. The number of hydrogen-bond donors (Lipinski definition) is 1. The Morgan fingerprint density at radius 1 is 0.960 bits per heavy atom. The molecule has 2 aromatic rings. The van der Waals surface area contributed by atoms with Crippen molar-refractivity contribution in [3.8, 4) is 11.5 Å². The number of halogens is 3. The van der Waals surface area contributed by atoms with Gasteiger partial charge in [-0.05, 0) is 29.8 Å². The third-order valence-electron chi connectivity index (χ3n) is 3.41. The summed E-state index contributed by atoms with van der Waals surface area (Å²) in [7, 11) is -1.06. The average Bonchev–Trinajstić information content (AvgIpc) is 2.59. The van der Waals surface area contributed by atoms with Crippen molar-refractivity contribution in [3.05, 3.63) is 53.6 Å². The van der Waals surface area contributed by atoms with Crippen LogP contribution < -0.4 is 14.2 Å². The van der Waals surface area contributed by atoms with Gasteiger partial charge in [0.05, 0.1) is 24.7 Å². The van der Waals surface area contributed by atoms with Crippen LogP contribution in [0.5, 0.6) is 11.5 Å². The quantitative estimate of drug-likeness (QED) is 0.842. The monoisotopic (exact) mass is 375 g/mol. The van der Waals surface area contributed by atoms with Crippen LogP contribution in [0.25, 0.3) is 0 Å². The maximum Gasteiger partial charge on any atom is 0.416 e. The standard InChI is InChI=1S/C16H16F3NO4S/c1-23-14-8-7-13(9-15(14)24-2)25(21,22)20-10-11-3-5-12(6-4-11)16(17,18)19/h3-9,20H,10H2,1-2H3. The topological polar surface area (TPSA) is 64.6 Å². The molecule has 25 heavy (non-hydrogen) atoms. The molecule has 0 heterocycles. The van der Waals surface area contributed by atoms with E-state index < -0.39 is 21.8 Å². The van der Waals surface area contributed by atoms with Crippen molar-refractivity contribution in [2.45, 2.75) is 17.6 Å². The Morgan fingerprint density at radius 2 is 1.56 bits per heavy atom. The van der Waals surface area contributed by atoms with Gasteiger partial charge in [-0.1, -0.05) is 12.1 Å². The fourth-order valence-corrected chi connectivity index (χ4v) is 3.09. The average molecular weight is 375 g/mol. The third-order valence-corrected chi connectivity index (χ3v) is 4.81. The largest absolute Gasteiger partial charge is 0.493 e. The summed E-state index contributed by atoms with van der Waals surface area (Å²) in [4.78, 5) is -0.0444. The van der Waals surface area contributed by atoms with Crippen molar-refractivity contribution in [3.63, 3.8) is 0 Å². The highest BCUT2D eigenvalue weighted by molar-refractivity contribution is 7.89. The van der Waals surface area contributed by atoms with Crippen molar-refractivity contribution in [2.75, 3.05) is 14.2 Å². The third kappa shape index (κ3) is 4.64. The fourth-order valence-electron chi connectivity index (χ4n) is 2.06. The van der Waals surface area contributed by atoms with Gasteiger partial charge >= 0.3 is 6.18 Å². The molecule has 0 unspecified atom stereocenters. The van der Waals surface area contributed by atoms with Crippen LogP contribution in [0.3, 0.4) is 0 Å². The Labute approximate surface area is 143 Å². The molecular weight excluding hydrogens is 359 g/mol. The Hall–Kier alpha value is -2.26. The molecule has 0 saturated carbocycles. The molecule has 0 aliphatic heterocycles. The Morgan fingerprint density at radius 3 is 2.08 bits per heavy atom. The lowest BCUT2D eigenvalue weighted by Gasteiger charge is -2.11. The van der Waals surface area contributed by atoms with Crippen LogP contribution in [0.15, 0.2) is 47.4 Å². The summed E-state index contributed by atoms with van der Waals surface area (Å²) in [5.74, 6) is 0.629. The van der Waals surface area contributed by atoms with Gasteiger partial charge in [0.15, 0.2) is 11.5 Å². The molecule has 136 valence electrons. The summed E-state index contributed by atoms with van der Waals surface area (Å²) in [5, 5.41) is 0. The van der Waals surface area contributed by atoms with Crippen LogP contribution in [0, 0.1) is 0 Å². The van der Waals surface area contributed by atoms with Crippen molar-refractivity contribution in [2.24, 2.45) is 0 Å². The predicted molar refractivity (Wildman–Crippen MR) is 85.0 cm³/mol. The Kier molecular flexibility index (Phi) is 5.58. The highest BCUT2D eigenvalue weighted by Crippen LogP contribution is 2.30. The van der Waals surface area contributed by atoms with E-state index in [0.717, 1.165) is 12.1 Å². The van der Waals surface area contributed by atoms with Crippen molar-refractivity contribution >= 4 is 10.0 Å². The molecule has 0 atom stereocenters. The van der Waals surface area contributed by atoms with E-state index in [4.69, 9.17) is 9.47 Å². The second-order valence-corrected chi connectivity index (χ2v) is 6.80. The molecule has 9 heteroatoms. The number of nitrogens with one attached hydrogen (secondary N) is 1. The van der Waals surface area contributed by atoms with Crippen molar-refractivity contribution in [1.82, 2.24) is 4.72 Å². The maximum atomic E-state index is 12.5. The highest BCUT2D eigenvalue weighted by atomic mass is 32.2. The minimum Gasteiger partial charge on any atom is -0.493 e. The van der Waals surface area contributed by atoms with Gasteiger partial charge in [0, 0.05) is 12.6 Å². The van der Waals surface area contributed by atoms with Crippen LogP contribution in [-0.4, -0.2) is 22.6 Å². The van der Waals surface area contributed by atoms with Crippen LogP contribution in [-0.2, 0) is 22.7 Å². The van der Waals surface area contributed by atoms with Gasteiger partial charge in [-0.3, -0.25) is 0 Å². The van der Waals surface area contributed by atoms with Gasteiger partial charge in [-0.2, -0.15) is 13.2 Å². The SMILES string of the molecule is COc1ccc(S(=O)(=O)NCc2ccc(C(F)(F)F)cc2)cc1OC. The minimum atomic E-state index is -4.43. The Balaban J connectivity index is 2.14. The van der Waals surface area contributed by atoms with Crippen LogP contribution in [0.1, 0.15) is 11.1 Å². The number of alkyl halides is 3. The number of rotatable bonds is 6. The lowest BCUT2D eigenvalue weighted by Crippen LogP contribution is -2.23. The number of benzene rings is 2. The van der Waals surface area contributed by atoms with Crippen LogP contribution in [0.4, 0.5) is 13.2 Å². The minimum absolute atomic E-state index is 0.0444. The lowest BCUT2D eigenvalue weighted by atomic mass is 10.1. The van der Waals surface area contributed by atoms with E-state index in [2.05, 4.69) is 4.72 Å². The zero-order valence-corrected chi connectivity index (χ0v) is 14.2. The van der Waals surface area contributed by atoms with Gasteiger partial charge in [0.25, 0.3) is 0 Å². The second-order valence-electron chi connectivity index (χ2n) is 5.04. The second kappa shape index (κ2) is 7.32. The van der Waals surface area contributed by atoms with E-state index in [-0.39, 0.29) is 17.2 Å². The summed E-state index contributed by atoms with van der Waals surface area (Å²) < 4.78 is 74.6. The number of ether oxygens (including phenoxy) is 2. The van der Waals surface area contributed by atoms with E-state index in [9.17, 15) is 21.6 Å². The van der Waals surface area contributed by atoms with Crippen LogP contribution >= 0.6 is 0 Å². The normalized spacial score (nSPS) is 12.0. The summed E-state index contributed by atoms with van der Waals surface area (Å²) in [6.45, 7) is -0.144. The summed E-state index contributed by atoms with van der Waals surface area (Å²) >= 11 is 0. The summed E-state index contributed by atoms with van der Waals surface area (Å²) in [6, 6.07) is 8.34. The van der Waals surface area contributed by atoms with Crippen LogP contribution in [0.2, 0.25) is 0 Å². The van der Waals surface area contributed by atoms with E-state index in [1.54, 1.807) is 0 Å². The molecule has 0 aliphatic rings. The number of methoxy groups -OCH3 is 2. The molecule has 1 N–H and O–H groups in total. The van der Waals surface area contributed by atoms with E-state index in [1.807, 2.05) is 0 Å². The van der Waals surface area contributed by atoms with Gasteiger partial charge in [0.2, 0.25) is 10.0 Å². The molecule has 0 fully saturated rings. The molecule has 2 aromatic carbocycles. The van der Waals surface area contributed by atoms with E-state index in [1.165, 1.54) is 44.6 Å². The lowest BCUT2D eigenvalue weighted by molar-refractivity contribution is -0.137. The summed E-state index contributed by atoms with van der Waals surface area (Å²) in [5.41, 5.74) is -0.393. The highest BCUT2D eigenvalue weighted by Gasteiger charge is 2.30. The molecule has 0 bridgehead atoms. The number of sulfonamides is 1. The zero-order valence-electron chi connectivity index (χ0n) is 13.4. The van der Waals surface area contributed by atoms with E-state index in [0.29, 0.717) is 11.3 Å². The molecule has 0 aliphatic carbocycles. The Bertz CT molecular complexity index is 833. The first-order valence-corrected chi connectivity index (χ1v) is 8.53. The summed E-state index contributed by atoms with van der Waals surface area (Å²) in [6.07, 6.45) is -4.43. The van der Waals surface area contributed by atoms with Gasteiger partial charge in [0.1, 0.15) is 0 Å². The molecule has 0 amide bonds. The van der Waals surface area contributed by atoms with E-state index >= 15 is 0 Å². The van der Waals surface area contributed by atoms with Gasteiger partial charge in [-0.25, -0.2) is 13.1 Å². The first-order valence-electron chi connectivity index (χ1n) is 7.05. The maximum absolute atomic E-state index is 12.5. The fraction of sp³-hybridized carbons (Fsp3) is 0.250. The smallest absolute Gasteiger partial charge is 0.416 e. The van der Waals surface area contributed by atoms with Crippen molar-refractivity contribution < 1.29 is 31.1 Å². The molecular formula is C16H16F3NO4S. The zero-order chi connectivity index (χ0) is 18.7. The predicted octanol–water partition coefficient (Wildman–Crippen LogP) is 3.20.